The van der Waals surface area contributed by atoms with Gasteiger partial charge < -0.3 is 14.8 Å². The molecular formula is C5H11O4P. The van der Waals surface area contributed by atoms with E-state index in [0.717, 1.165) is 0 Å². The maximum Gasteiger partial charge on any atom is 0.313 e. The molecule has 4 nitrogen and oxygen atoms in total. The first-order valence-electron chi connectivity index (χ1n) is 2.99. The van der Waals surface area contributed by atoms with Crippen LogP contribution < -0.4 is 0 Å². The van der Waals surface area contributed by atoms with Crippen molar-refractivity contribution in [3.05, 3.63) is 0 Å². The van der Waals surface area contributed by atoms with Crippen molar-refractivity contribution in [2.24, 2.45) is 0 Å². The van der Waals surface area contributed by atoms with Crippen molar-refractivity contribution in [3.8, 4) is 0 Å². The van der Waals surface area contributed by atoms with Crippen LogP contribution in [0.3, 0.4) is 0 Å². The van der Waals surface area contributed by atoms with E-state index < -0.39 is 25.8 Å². The van der Waals surface area contributed by atoms with Gasteiger partial charge in [-0.3, -0.25) is 4.79 Å². The van der Waals surface area contributed by atoms with E-state index in [9.17, 15) is 9.36 Å². The van der Waals surface area contributed by atoms with E-state index in [1.54, 1.807) is 6.92 Å². The van der Waals surface area contributed by atoms with Gasteiger partial charge in [-0.25, -0.2) is 0 Å². The summed E-state index contributed by atoms with van der Waals surface area (Å²) in [6.07, 6.45) is -0.191. The van der Waals surface area contributed by atoms with Gasteiger partial charge in [0, 0.05) is 0 Å². The molecule has 0 spiro atoms. The molecule has 2 unspecified atom stereocenters. The number of aliphatic carboxylic acids is 1. The molecule has 2 N–H and O–H groups in total. The molecule has 0 fully saturated rings. The van der Waals surface area contributed by atoms with Crippen LogP contribution in [0.15, 0.2) is 0 Å². The Balaban J connectivity index is 4.06. The summed E-state index contributed by atoms with van der Waals surface area (Å²) in [7, 11) is -2.31. The quantitative estimate of drug-likeness (QED) is 0.591. The van der Waals surface area contributed by atoms with Crippen LogP contribution in [0, 0.1) is 0 Å². The monoisotopic (exact) mass is 166 g/mol. The molecule has 0 aromatic rings. The highest BCUT2D eigenvalue weighted by molar-refractivity contribution is 7.46. The van der Waals surface area contributed by atoms with Gasteiger partial charge in [-0.15, -0.1) is 0 Å². The van der Waals surface area contributed by atoms with Crippen LogP contribution in [0.4, 0.5) is 0 Å². The van der Waals surface area contributed by atoms with Gasteiger partial charge in [-0.2, -0.15) is 0 Å². The maximum atomic E-state index is 10.7. The Morgan fingerprint density at radius 3 is 2.30 bits per heavy atom. The van der Waals surface area contributed by atoms with E-state index >= 15 is 0 Å². The summed E-state index contributed by atoms with van der Waals surface area (Å²) < 4.78 is 10.7. The molecule has 0 aliphatic rings. The lowest BCUT2D eigenvalue weighted by molar-refractivity contribution is -0.136. The summed E-state index contributed by atoms with van der Waals surface area (Å²) in [4.78, 5) is 10.2. The predicted octanol–water partition coefficient (Wildman–Crippen LogP) is 0.359. The van der Waals surface area contributed by atoms with Gasteiger partial charge in [0.25, 0.3) is 0 Å². The molecule has 0 bridgehead atoms. The molecule has 0 amide bonds. The lowest BCUT2D eigenvalue weighted by Gasteiger charge is -2.05. The van der Waals surface area contributed by atoms with Crippen LogP contribution in [-0.4, -0.2) is 28.2 Å². The third kappa shape index (κ3) is 2.50. The molecule has 0 aliphatic carbocycles. The van der Waals surface area contributed by atoms with Gasteiger partial charge in [0.05, 0.1) is 6.35 Å². The van der Waals surface area contributed by atoms with Crippen molar-refractivity contribution in [1.82, 2.24) is 0 Å². The second-order valence-corrected chi connectivity index (χ2v) is 3.87. The molecule has 0 rings (SSSR count). The van der Waals surface area contributed by atoms with Gasteiger partial charge >= 0.3 is 5.97 Å². The fourth-order valence-electron chi connectivity index (χ4n) is 0.650. The average Bonchev–Trinajstić information content (AvgIpc) is 1.88. The fraction of sp³-hybridized carbons (Fsp3) is 0.800. The molecule has 0 aromatic carbocycles. The molecule has 10 heavy (non-hydrogen) atoms. The smallest absolute Gasteiger partial charge is 0.313 e. The van der Waals surface area contributed by atoms with E-state index in [-0.39, 0.29) is 0 Å². The normalized spacial score (nSPS) is 16.2. The molecular weight excluding hydrogens is 155 g/mol. The number of carbonyl (C=O) groups is 1. The van der Waals surface area contributed by atoms with E-state index in [4.69, 9.17) is 10.2 Å². The summed E-state index contributed by atoms with van der Waals surface area (Å²) in [6.45, 7) is 1.64. The zero-order valence-electron chi connectivity index (χ0n) is 5.70. The fourth-order valence-corrected chi connectivity index (χ4v) is 1.60. The van der Waals surface area contributed by atoms with Crippen molar-refractivity contribution < 1.29 is 19.6 Å². The van der Waals surface area contributed by atoms with Crippen molar-refractivity contribution in [3.63, 3.8) is 0 Å². The summed E-state index contributed by atoms with van der Waals surface area (Å²) in [5, 5.41) is 16.7. The van der Waals surface area contributed by atoms with E-state index in [2.05, 4.69) is 0 Å². The SMILES string of the molecule is CCC(C(=O)O)[PH](=O)CO. The summed E-state index contributed by atoms with van der Waals surface area (Å²) in [5.74, 6) is -1.08. The molecule has 0 aliphatic heterocycles. The summed E-state index contributed by atoms with van der Waals surface area (Å²) in [5.41, 5.74) is -0.852. The Morgan fingerprint density at radius 1 is 1.70 bits per heavy atom. The first kappa shape index (κ1) is 9.66. The van der Waals surface area contributed by atoms with E-state index in [1.807, 2.05) is 0 Å². The molecule has 0 aromatic heterocycles. The van der Waals surface area contributed by atoms with Crippen LogP contribution in [0.1, 0.15) is 13.3 Å². The molecule has 0 heterocycles. The van der Waals surface area contributed by atoms with Crippen LogP contribution in [0.25, 0.3) is 0 Å². The third-order valence-corrected chi connectivity index (χ3v) is 3.00. The lowest BCUT2D eigenvalue weighted by Crippen LogP contribution is -2.15. The number of aliphatic hydroxyl groups is 1. The van der Waals surface area contributed by atoms with Gasteiger partial charge in [0.1, 0.15) is 13.5 Å². The highest BCUT2D eigenvalue weighted by Crippen LogP contribution is 2.28. The van der Waals surface area contributed by atoms with Crippen LogP contribution in [-0.2, 0) is 9.36 Å². The summed E-state index contributed by atoms with van der Waals surface area (Å²) >= 11 is 0. The number of hydrogen-bond donors (Lipinski definition) is 2. The number of aliphatic hydroxyl groups excluding tert-OH is 1. The summed E-state index contributed by atoms with van der Waals surface area (Å²) in [6, 6.07) is 0. The minimum Gasteiger partial charge on any atom is -0.481 e. The largest absolute Gasteiger partial charge is 0.481 e. The Hall–Kier alpha value is -0.340. The van der Waals surface area contributed by atoms with Crippen LogP contribution in [0.5, 0.6) is 0 Å². The Kier molecular flexibility index (Phi) is 4.32. The first-order chi connectivity index (χ1) is 4.63. The highest BCUT2D eigenvalue weighted by atomic mass is 31.1. The van der Waals surface area contributed by atoms with E-state index in [1.165, 1.54) is 0 Å². The van der Waals surface area contributed by atoms with Crippen molar-refractivity contribution >= 4 is 13.8 Å². The number of rotatable bonds is 4. The van der Waals surface area contributed by atoms with Crippen molar-refractivity contribution in [2.45, 2.75) is 19.0 Å². The van der Waals surface area contributed by atoms with Gasteiger partial charge in [-0.1, -0.05) is 6.92 Å². The van der Waals surface area contributed by atoms with Gasteiger partial charge in [0.15, 0.2) is 0 Å². The molecule has 0 saturated heterocycles. The zero-order chi connectivity index (χ0) is 8.15. The third-order valence-electron chi connectivity index (χ3n) is 1.25. The minimum atomic E-state index is -2.31. The molecule has 5 heteroatoms. The lowest BCUT2D eigenvalue weighted by atomic mass is 10.3. The second kappa shape index (κ2) is 4.47. The predicted molar refractivity (Wildman–Crippen MR) is 37.8 cm³/mol. The Labute approximate surface area is 59.7 Å². The minimum absolute atomic E-state index is 0.313. The van der Waals surface area contributed by atoms with Gasteiger partial charge in [0.2, 0.25) is 0 Å². The number of carboxylic acids is 1. The molecule has 2 atom stereocenters. The topological polar surface area (TPSA) is 74.6 Å². The van der Waals surface area contributed by atoms with Crippen LogP contribution in [0.2, 0.25) is 0 Å². The van der Waals surface area contributed by atoms with Crippen molar-refractivity contribution in [1.29, 1.82) is 0 Å². The first-order valence-corrected chi connectivity index (χ1v) is 4.69. The highest BCUT2D eigenvalue weighted by Gasteiger charge is 2.20. The maximum absolute atomic E-state index is 10.7. The molecule has 60 valence electrons. The average molecular weight is 166 g/mol. The molecule has 0 radical (unpaired) electrons. The number of carboxylic acid groups (broad SMARTS) is 1. The van der Waals surface area contributed by atoms with Crippen molar-refractivity contribution in [2.75, 3.05) is 6.35 Å². The Morgan fingerprint density at radius 2 is 2.20 bits per heavy atom. The van der Waals surface area contributed by atoms with Crippen LogP contribution >= 0.6 is 7.80 Å². The second-order valence-electron chi connectivity index (χ2n) is 1.92. The molecule has 0 saturated carbocycles. The Bertz CT molecular complexity index is 145. The number of hydrogen-bond acceptors (Lipinski definition) is 3. The van der Waals surface area contributed by atoms with Gasteiger partial charge in [-0.05, 0) is 6.42 Å². The van der Waals surface area contributed by atoms with E-state index in [0.29, 0.717) is 6.42 Å². The standard InChI is InChI=1S/C5H11O4P/c1-2-4(5(7)8)10(9)3-6/h4,6,10H,2-3H2,1H3,(H,7,8). The zero-order valence-corrected chi connectivity index (χ0v) is 6.70.